The molecule has 0 saturated carbocycles. The fourth-order valence-electron chi connectivity index (χ4n) is 8.71. The van der Waals surface area contributed by atoms with Crippen LogP contribution in [0, 0.1) is 0 Å². The maximum absolute atomic E-state index is 13.0. The van der Waals surface area contributed by atoms with Crippen LogP contribution in [0.25, 0.3) is 0 Å². The molecule has 0 amide bonds. The van der Waals surface area contributed by atoms with E-state index >= 15 is 0 Å². The van der Waals surface area contributed by atoms with E-state index < -0.39 is 0 Å². The van der Waals surface area contributed by atoms with Crippen LogP contribution in [0.3, 0.4) is 0 Å². The first-order valence-electron chi connectivity index (χ1n) is 27.3. The summed E-state index contributed by atoms with van der Waals surface area (Å²) in [4.78, 5) is 40.9. The van der Waals surface area contributed by atoms with Gasteiger partial charge in [0.1, 0.15) is 19.8 Å². The van der Waals surface area contributed by atoms with Gasteiger partial charge in [-0.15, -0.1) is 0 Å². The summed E-state index contributed by atoms with van der Waals surface area (Å²) in [5, 5.41) is 0. The molecule has 0 atom stereocenters. The Bertz CT molecular complexity index is 1050. The van der Waals surface area contributed by atoms with E-state index in [0.29, 0.717) is 52.7 Å². The van der Waals surface area contributed by atoms with Crippen molar-refractivity contribution in [3.05, 3.63) is 0 Å². The summed E-state index contributed by atoms with van der Waals surface area (Å²) in [7, 11) is 12.6. The van der Waals surface area contributed by atoms with Gasteiger partial charge in [-0.05, 0) is 38.5 Å². The highest BCUT2D eigenvalue weighted by Gasteiger charge is 2.24. The lowest BCUT2D eigenvalue weighted by atomic mass is 10.0. The van der Waals surface area contributed by atoms with E-state index in [1.54, 1.807) is 0 Å². The summed E-state index contributed by atoms with van der Waals surface area (Å²) in [5.41, 5.74) is 0. The van der Waals surface area contributed by atoms with Crippen LogP contribution in [0.15, 0.2) is 0 Å². The van der Waals surface area contributed by atoms with Crippen molar-refractivity contribution in [2.45, 2.75) is 213 Å². The topological polar surface area (TPSA) is 82.1 Å². The zero-order chi connectivity index (χ0) is 47.6. The predicted molar refractivity (Wildman–Crippen MR) is 270 cm³/mol. The smallest absolute Gasteiger partial charge is 0.361 e. The van der Waals surface area contributed by atoms with Crippen molar-refractivity contribution in [2.24, 2.45) is 0 Å². The molecule has 0 unspecified atom stereocenters. The van der Waals surface area contributed by atoms with Crippen LogP contribution >= 0.6 is 0 Å². The number of hydrogen-bond donors (Lipinski definition) is 0. The maximum Gasteiger partial charge on any atom is 0.361 e. The zero-order valence-electron chi connectivity index (χ0n) is 44.4. The van der Waals surface area contributed by atoms with Gasteiger partial charge in [-0.2, -0.15) is 0 Å². The van der Waals surface area contributed by atoms with Gasteiger partial charge >= 0.3 is 17.9 Å². The molecule has 380 valence electrons. The van der Waals surface area contributed by atoms with E-state index in [1.165, 1.54) is 173 Å². The fourth-order valence-corrected chi connectivity index (χ4v) is 8.71. The predicted octanol–water partition coefficient (Wildman–Crippen LogP) is 11.9. The molecule has 0 spiro atoms. The molecule has 64 heavy (non-hydrogen) atoms. The number of nitrogens with zero attached hydrogens (tertiary/aromatic N) is 4. The number of unbranched alkanes of at least 4 members (excludes halogenated alkanes) is 27. The highest BCUT2D eigenvalue weighted by molar-refractivity contribution is 5.71. The van der Waals surface area contributed by atoms with Crippen molar-refractivity contribution in [2.75, 3.05) is 121 Å². The molecule has 0 aromatic rings. The van der Waals surface area contributed by atoms with E-state index in [-0.39, 0.29) is 37.7 Å². The first-order valence-corrected chi connectivity index (χ1v) is 27.3. The van der Waals surface area contributed by atoms with E-state index in [1.807, 2.05) is 0 Å². The Morgan fingerprint density at radius 1 is 0.312 bits per heavy atom. The molecule has 0 heterocycles. The lowest BCUT2D eigenvalue weighted by molar-refractivity contribution is -0.883. The molecule has 0 saturated heterocycles. The van der Waals surface area contributed by atoms with Crippen LogP contribution in [-0.2, 0) is 28.6 Å². The maximum atomic E-state index is 13.0. The lowest BCUT2D eigenvalue weighted by Gasteiger charge is -2.29. The zero-order valence-corrected chi connectivity index (χ0v) is 44.4. The minimum atomic E-state index is -0.197. The van der Waals surface area contributed by atoms with Crippen molar-refractivity contribution < 1.29 is 42.0 Å². The van der Waals surface area contributed by atoms with E-state index in [2.05, 4.69) is 68.0 Å². The summed E-state index contributed by atoms with van der Waals surface area (Å²) in [6.07, 6.45) is 39.1. The average molecular weight is 913 g/mol. The van der Waals surface area contributed by atoms with E-state index in [4.69, 9.17) is 14.2 Å². The average Bonchev–Trinajstić information content (AvgIpc) is 3.22. The van der Waals surface area contributed by atoms with Crippen molar-refractivity contribution in [1.82, 2.24) is 4.90 Å². The van der Waals surface area contributed by atoms with Crippen LogP contribution in [0.5, 0.6) is 0 Å². The number of carbonyl (C=O) groups is 3. The molecular weight excluding hydrogens is 801 g/mol. The van der Waals surface area contributed by atoms with Crippen LogP contribution < -0.4 is 0 Å². The second-order valence-electron chi connectivity index (χ2n) is 21.5. The van der Waals surface area contributed by atoms with Gasteiger partial charge in [-0.25, -0.2) is 14.4 Å². The summed E-state index contributed by atoms with van der Waals surface area (Å²) in [6, 6.07) is 0. The Labute approximate surface area is 398 Å². The number of likely N-dealkylation sites (N-methyl/N-ethyl adjacent to an activating group) is 3. The highest BCUT2D eigenvalue weighted by Crippen LogP contribution is 2.15. The molecule has 0 aliphatic rings. The fraction of sp³-hybridized carbons (Fsp3) is 0.944. The first-order chi connectivity index (χ1) is 30.6. The molecule has 10 nitrogen and oxygen atoms in total. The number of carbonyl (C=O) groups excluding carboxylic acids is 3. The van der Waals surface area contributed by atoms with E-state index in [0.717, 1.165) is 38.9 Å². The molecule has 0 rings (SSSR count). The van der Waals surface area contributed by atoms with Crippen LogP contribution in [0.4, 0.5) is 0 Å². The van der Waals surface area contributed by atoms with Crippen molar-refractivity contribution >= 4 is 17.9 Å². The second-order valence-corrected chi connectivity index (χ2v) is 21.5. The quantitative estimate of drug-likeness (QED) is 0.0260. The normalized spacial score (nSPS) is 12.3. The Hall–Kier alpha value is -1.75. The molecular formula is C54H111N4O6+3. The number of rotatable bonds is 48. The number of ether oxygens (including phenoxy) is 3. The van der Waals surface area contributed by atoms with Crippen molar-refractivity contribution in [1.29, 1.82) is 0 Å². The minimum absolute atomic E-state index is 0.193. The lowest BCUT2D eigenvalue weighted by Crippen LogP contribution is -2.46. The molecule has 10 heteroatoms. The Kier molecular flexibility index (Phi) is 40.3. The third-order valence-corrected chi connectivity index (χ3v) is 13.0. The summed E-state index contributed by atoms with van der Waals surface area (Å²) in [5.74, 6) is -0.587. The molecule has 0 aromatic carbocycles. The third kappa shape index (κ3) is 42.9. The van der Waals surface area contributed by atoms with Gasteiger partial charge in [0.2, 0.25) is 0 Å². The largest absolute Gasteiger partial charge is 0.460 e. The van der Waals surface area contributed by atoms with Crippen LogP contribution in [-0.4, -0.2) is 157 Å². The number of quaternary nitrogens is 3. The van der Waals surface area contributed by atoms with Gasteiger partial charge in [-0.3, -0.25) is 4.90 Å². The van der Waals surface area contributed by atoms with Gasteiger partial charge in [0.05, 0.1) is 61.9 Å². The molecule has 0 aliphatic carbocycles. The van der Waals surface area contributed by atoms with E-state index in [9.17, 15) is 14.4 Å². The molecule has 0 radical (unpaired) electrons. The Morgan fingerprint density at radius 3 is 0.703 bits per heavy atom. The van der Waals surface area contributed by atoms with Gasteiger partial charge < -0.3 is 27.7 Å². The molecule has 0 N–H and O–H groups in total. The summed E-state index contributed by atoms with van der Waals surface area (Å²) >= 11 is 0. The number of esters is 3. The standard InChI is InChI=1S/C54H111N4O6/c1-10-13-16-19-22-25-26-27-28-29-30-33-36-39-45-58(8,9)51-54(61)64-48-42-55(40-46-62-52(59)49-56(4,5)43-37-34-31-23-20-17-14-11-2)41-47-63-53(60)50-57(6,7)44-38-35-32-24-21-18-15-12-3/h10-51H2,1-9H3/q+3. The molecule has 0 fully saturated rings. The molecule has 0 aliphatic heterocycles. The molecule has 0 bridgehead atoms. The summed E-state index contributed by atoms with van der Waals surface area (Å²) in [6.45, 7) is 12.8. The van der Waals surface area contributed by atoms with Gasteiger partial charge in [0.25, 0.3) is 0 Å². The van der Waals surface area contributed by atoms with Crippen LogP contribution in [0.1, 0.15) is 213 Å². The highest BCUT2D eigenvalue weighted by atomic mass is 16.5. The van der Waals surface area contributed by atoms with Crippen molar-refractivity contribution in [3.63, 3.8) is 0 Å². The van der Waals surface area contributed by atoms with Gasteiger partial charge in [-0.1, -0.05) is 175 Å². The first kappa shape index (κ1) is 62.2. The summed E-state index contributed by atoms with van der Waals surface area (Å²) < 4.78 is 19.1. The van der Waals surface area contributed by atoms with Crippen LogP contribution in [0.2, 0.25) is 0 Å². The van der Waals surface area contributed by atoms with Gasteiger partial charge in [0.15, 0.2) is 19.6 Å². The third-order valence-electron chi connectivity index (χ3n) is 13.0. The van der Waals surface area contributed by atoms with Gasteiger partial charge in [0, 0.05) is 19.6 Å². The Balaban J connectivity index is 4.78. The van der Waals surface area contributed by atoms with Crippen molar-refractivity contribution in [3.8, 4) is 0 Å². The Morgan fingerprint density at radius 2 is 0.500 bits per heavy atom. The second kappa shape index (κ2) is 41.4. The minimum Gasteiger partial charge on any atom is -0.460 e. The molecule has 0 aromatic heterocycles. The SMILES string of the molecule is CCCCCCCCCCCCCCCC[N+](C)(C)CC(=O)OCCN(CCOC(=O)C[N+](C)(C)CCCCCCCCCC)CCOC(=O)C[N+](C)(C)CCCCCCCCCC. The number of hydrogen-bond acceptors (Lipinski definition) is 7. The monoisotopic (exact) mass is 912 g/mol.